The summed E-state index contributed by atoms with van der Waals surface area (Å²) in [5.41, 5.74) is 2.67. The highest BCUT2D eigenvalue weighted by molar-refractivity contribution is 6.30. The first-order chi connectivity index (χ1) is 8.56. The van der Waals surface area contributed by atoms with E-state index in [0.29, 0.717) is 19.1 Å². The van der Waals surface area contributed by atoms with E-state index < -0.39 is 0 Å². The molecule has 2 atom stereocenters. The lowest BCUT2D eigenvalue weighted by Gasteiger charge is -2.20. The molecule has 0 spiro atoms. The second kappa shape index (κ2) is 6.02. The van der Waals surface area contributed by atoms with Crippen molar-refractivity contribution in [1.29, 1.82) is 0 Å². The Morgan fingerprint density at radius 2 is 2.28 bits per heavy atom. The Bertz CT molecular complexity index is 409. The standard InChI is InChI=1S/C14H21ClN2O/c1-17(2)9-12(18)8-16-14-6-3-10-7-11(15)4-5-13(10)14/h4-5,7,12,14,16,18H,3,6,8-9H2,1-2H3. The Labute approximate surface area is 114 Å². The third-order valence-corrected chi connectivity index (χ3v) is 3.59. The predicted octanol–water partition coefficient (Wildman–Crippen LogP) is 1.84. The van der Waals surface area contributed by atoms with Crippen LogP contribution in [0.5, 0.6) is 0 Å². The molecule has 0 saturated heterocycles. The zero-order valence-electron chi connectivity index (χ0n) is 11.0. The van der Waals surface area contributed by atoms with Crippen LogP contribution >= 0.6 is 11.6 Å². The fraction of sp³-hybridized carbons (Fsp3) is 0.571. The lowest BCUT2D eigenvalue weighted by atomic mass is 10.1. The number of benzene rings is 1. The van der Waals surface area contributed by atoms with Gasteiger partial charge in [0, 0.05) is 24.2 Å². The maximum Gasteiger partial charge on any atom is 0.0791 e. The fourth-order valence-electron chi connectivity index (χ4n) is 2.56. The molecule has 0 radical (unpaired) electrons. The highest BCUT2D eigenvalue weighted by Crippen LogP contribution is 2.32. The third kappa shape index (κ3) is 3.45. The fourth-order valence-corrected chi connectivity index (χ4v) is 2.76. The van der Waals surface area contributed by atoms with E-state index in [1.54, 1.807) is 0 Å². The minimum Gasteiger partial charge on any atom is -0.390 e. The van der Waals surface area contributed by atoms with Gasteiger partial charge in [0.05, 0.1) is 6.10 Å². The van der Waals surface area contributed by atoms with E-state index >= 15 is 0 Å². The van der Waals surface area contributed by atoms with E-state index in [1.165, 1.54) is 11.1 Å². The zero-order valence-corrected chi connectivity index (χ0v) is 11.7. The molecule has 2 rings (SSSR count). The molecule has 3 nitrogen and oxygen atoms in total. The number of aliphatic hydroxyl groups excluding tert-OH is 1. The van der Waals surface area contributed by atoms with Crippen LogP contribution in [-0.4, -0.2) is 43.3 Å². The van der Waals surface area contributed by atoms with Crippen molar-refractivity contribution in [2.45, 2.75) is 25.0 Å². The van der Waals surface area contributed by atoms with Crippen molar-refractivity contribution in [1.82, 2.24) is 10.2 Å². The Morgan fingerprint density at radius 3 is 3.00 bits per heavy atom. The van der Waals surface area contributed by atoms with E-state index in [0.717, 1.165) is 17.9 Å². The van der Waals surface area contributed by atoms with Gasteiger partial charge in [-0.25, -0.2) is 0 Å². The molecule has 0 aromatic heterocycles. The van der Waals surface area contributed by atoms with Crippen LogP contribution in [0.1, 0.15) is 23.6 Å². The normalized spacial score (nSPS) is 20.2. The first-order valence-electron chi connectivity index (χ1n) is 6.41. The van der Waals surface area contributed by atoms with Gasteiger partial charge in [-0.3, -0.25) is 0 Å². The maximum absolute atomic E-state index is 9.85. The smallest absolute Gasteiger partial charge is 0.0791 e. The number of nitrogens with zero attached hydrogens (tertiary/aromatic N) is 1. The second-order valence-electron chi connectivity index (χ2n) is 5.26. The lowest BCUT2D eigenvalue weighted by molar-refractivity contribution is 0.131. The van der Waals surface area contributed by atoms with Crippen LogP contribution in [-0.2, 0) is 6.42 Å². The number of nitrogens with one attached hydrogen (secondary N) is 1. The monoisotopic (exact) mass is 268 g/mol. The molecule has 2 N–H and O–H groups in total. The average molecular weight is 269 g/mol. The molecule has 1 aliphatic rings. The maximum atomic E-state index is 9.85. The predicted molar refractivity (Wildman–Crippen MR) is 75.1 cm³/mol. The Hall–Kier alpha value is -0.610. The molecule has 0 amide bonds. The molecule has 1 aromatic rings. The van der Waals surface area contributed by atoms with Gasteiger partial charge in [0.25, 0.3) is 0 Å². The summed E-state index contributed by atoms with van der Waals surface area (Å²) in [6.07, 6.45) is 1.83. The first-order valence-corrected chi connectivity index (χ1v) is 6.78. The van der Waals surface area contributed by atoms with E-state index in [4.69, 9.17) is 11.6 Å². The first kappa shape index (κ1) is 13.8. The summed E-state index contributed by atoms with van der Waals surface area (Å²) in [5, 5.41) is 14.1. The van der Waals surface area contributed by atoms with Gasteiger partial charge in [0.2, 0.25) is 0 Å². The second-order valence-corrected chi connectivity index (χ2v) is 5.70. The van der Waals surface area contributed by atoms with Gasteiger partial charge < -0.3 is 15.3 Å². The van der Waals surface area contributed by atoms with Crippen LogP contribution in [0, 0.1) is 0 Å². The molecule has 100 valence electrons. The van der Waals surface area contributed by atoms with Gasteiger partial charge in [-0.1, -0.05) is 17.7 Å². The van der Waals surface area contributed by atoms with Crippen molar-refractivity contribution in [3.63, 3.8) is 0 Å². The zero-order chi connectivity index (χ0) is 13.1. The lowest BCUT2D eigenvalue weighted by Crippen LogP contribution is -2.36. The molecule has 0 fully saturated rings. The molecule has 4 heteroatoms. The molecule has 0 heterocycles. The molecular weight excluding hydrogens is 248 g/mol. The molecule has 1 aromatic carbocycles. The largest absolute Gasteiger partial charge is 0.390 e. The molecule has 0 bridgehead atoms. The summed E-state index contributed by atoms with van der Waals surface area (Å²) in [7, 11) is 3.94. The molecule has 2 unspecified atom stereocenters. The van der Waals surface area contributed by atoms with Gasteiger partial charge in [0.1, 0.15) is 0 Å². The van der Waals surface area contributed by atoms with Gasteiger partial charge in [0.15, 0.2) is 0 Å². The topological polar surface area (TPSA) is 35.5 Å². The van der Waals surface area contributed by atoms with Crippen molar-refractivity contribution in [2.24, 2.45) is 0 Å². The van der Waals surface area contributed by atoms with Gasteiger partial charge >= 0.3 is 0 Å². The highest BCUT2D eigenvalue weighted by atomic mass is 35.5. The number of aryl methyl sites for hydroxylation is 1. The number of rotatable bonds is 5. The number of fused-ring (bicyclic) bond motifs is 1. The van der Waals surface area contributed by atoms with Crippen LogP contribution in [0.2, 0.25) is 5.02 Å². The number of hydrogen-bond donors (Lipinski definition) is 2. The van der Waals surface area contributed by atoms with Gasteiger partial charge in [-0.2, -0.15) is 0 Å². The number of halogens is 1. The van der Waals surface area contributed by atoms with Crippen LogP contribution in [0.4, 0.5) is 0 Å². The molecule has 1 aliphatic carbocycles. The van der Waals surface area contributed by atoms with Crippen LogP contribution in [0.15, 0.2) is 18.2 Å². The van der Waals surface area contributed by atoms with Crippen molar-refractivity contribution in [3.05, 3.63) is 34.3 Å². The van der Waals surface area contributed by atoms with Crippen LogP contribution < -0.4 is 5.32 Å². The Kier molecular flexibility index (Phi) is 4.62. The quantitative estimate of drug-likeness (QED) is 0.855. The van der Waals surface area contributed by atoms with Crippen molar-refractivity contribution < 1.29 is 5.11 Å². The number of likely N-dealkylation sites (N-methyl/N-ethyl adjacent to an activating group) is 1. The van der Waals surface area contributed by atoms with Crippen molar-refractivity contribution >= 4 is 11.6 Å². The summed E-state index contributed by atoms with van der Waals surface area (Å²) in [4.78, 5) is 1.99. The summed E-state index contributed by atoms with van der Waals surface area (Å²) in [6.45, 7) is 1.32. The molecule has 0 saturated carbocycles. The van der Waals surface area contributed by atoms with Gasteiger partial charge in [-0.15, -0.1) is 0 Å². The van der Waals surface area contributed by atoms with E-state index in [2.05, 4.69) is 17.4 Å². The summed E-state index contributed by atoms with van der Waals surface area (Å²) in [5.74, 6) is 0. The Balaban J connectivity index is 1.90. The van der Waals surface area contributed by atoms with Crippen molar-refractivity contribution in [3.8, 4) is 0 Å². The van der Waals surface area contributed by atoms with E-state index in [-0.39, 0.29) is 6.10 Å². The minimum absolute atomic E-state index is 0.323. The molecule has 0 aliphatic heterocycles. The van der Waals surface area contributed by atoms with E-state index in [1.807, 2.05) is 25.1 Å². The molecule has 18 heavy (non-hydrogen) atoms. The third-order valence-electron chi connectivity index (χ3n) is 3.36. The number of aliphatic hydroxyl groups is 1. The minimum atomic E-state index is -0.323. The van der Waals surface area contributed by atoms with Crippen LogP contribution in [0.25, 0.3) is 0 Å². The summed E-state index contributed by atoms with van der Waals surface area (Å²) >= 11 is 5.99. The van der Waals surface area contributed by atoms with Crippen molar-refractivity contribution in [2.75, 3.05) is 27.2 Å². The van der Waals surface area contributed by atoms with Gasteiger partial charge in [-0.05, 0) is 50.2 Å². The Morgan fingerprint density at radius 1 is 1.50 bits per heavy atom. The number of hydrogen-bond acceptors (Lipinski definition) is 3. The SMILES string of the molecule is CN(C)CC(O)CNC1CCc2cc(Cl)ccc21. The van der Waals surface area contributed by atoms with Crippen LogP contribution in [0.3, 0.4) is 0 Å². The average Bonchev–Trinajstić information content (AvgIpc) is 2.67. The molecular formula is C14H21ClN2O. The van der Waals surface area contributed by atoms with E-state index in [9.17, 15) is 5.11 Å². The summed E-state index contributed by atoms with van der Waals surface area (Å²) < 4.78 is 0. The summed E-state index contributed by atoms with van der Waals surface area (Å²) in [6, 6.07) is 6.45. The highest BCUT2D eigenvalue weighted by Gasteiger charge is 2.22.